The fourth-order valence-corrected chi connectivity index (χ4v) is 1.61. The van der Waals surface area contributed by atoms with Crippen LogP contribution < -0.4 is 16.4 Å². The maximum atomic E-state index is 10.9. The molecular formula is C11H12N4O5. The number of nitrogens with two attached hydrogens (primary N) is 2. The molecule has 0 atom stereocenters. The number of carbonyl (C=O) groups excluding carboxylic acids is 3. The zero-order valence-electron chi connectivity index (χ0n) is 10.3. The molecule has 106 valence electrons. The standard InChI is InChI=1S/C11H12N4O5/c12-10(17)4-14(5-11(13)18)8-1-2-9(15(19)20)7(3-8)6-16/h1-3,6H,4-5H2,(H2,12,17)(H2,13,18). The van der Waals surface area contributed by atoms with E-state index in [1.807, 2.05) is 0 Å². The van der Waals surface area contributed by atoms with Crippen molar-refractivity contribution in [2.75, 3.05) is 18.0 Å². The Balaban J connectivity index is 3.19. The number of carbonyl (C=O) groups is 3. The molecular weight excluding hydrogens is 268 g/mol. The van der Waals surface area contributed by atoms with Crippen LogP contribution in [-0.4, -0.2) is 36.1 Å². The van der Waals surface area contributed by atoms with Gasteiger partial charge in [0.25, 0.3) is 5.69 Å². The van der Waals surface area contributed by atoms with Crippen LogP contribution in [0.25, 0.3) is 0 Å². The van der Waals surface area contributed by atoms with Crippen molar-refractivity contribution in [1.82, 2.24) is 0 Å². The fourth-order valence-electron chi connectivity index (χ4n) is 1.61. The van der Waals surface area contributed by atoms with Gasteiger partial charge in [0.15, 0.2) is 6.29 Å². The van der Waals surface area contributed by atoms with E-state index in [0.29, 0.717) is 6.29 Å². The van der Waals surface area contributed by atoms with Crippen LogP contribution in [0, 0.1) is 10.1 Å². The minimum absolute atomic E-state index is 0.175. The molecule has 20 heavy (non-hydrogen) atoms. The summed E-state index contributed by atoms with van der Waals surface area (Å²) in [5, 5.41) is 10.7. The molecule has 4 N–H and O–H groups in total. The Kier molecular flexibility index (Phi) is 4.73. The number of aldehydes is 1. The van der Waals surface area contributed by atoms with Crippen LogP contribution in [0.1, 0.15) is 10.4 Å². The topological polar surface area (TPSA) is 150 Å². The average Bonchev–Trinajstić information content (AvgIpc) is 2.35. The summed E-state index contributed by atoms with van der Waals surface area (Å²) in [6.45, 7) is -0.613. The number of amides is 2. The minimum Gasteiger partial charge on any atom is -0.368 e. The van der Waals surface area contributed by atoms with Crippen molar-refractivity contribution < 1.29 is 19.3 Å². The first-order valence-corrected chi connectivity index (χ1v) is 5.40. The van der Waals surface area contributed by atoms with Gasteiger partial charge in [-0.15, -0.1) is 0 Å². The number of nitro benzene ring substituents is 1. The molecule has 0 radical (unpaired) electrons. The third-order valence-corrected chi connectivity index (χ3v) is 2.39. The molecule has 0 aliphatic carbocycles. The molecule has 0 bridgehead atoms. The van der Waals surface area contributed by atoms with Gasteiger partial charge in [0.2, 0.25) is 11.8 Å². The van der Waals surface area contributed by atoms with Gasteiger partial charge in [0.1, 0.15) is 0 Å². The summed E-state index contributed by atoms with van der Waals surface area (Å²) >= 11 is 0. The zero-order chi connectivity index (χ0) is 15.3. The van der Waals surface area contributed by atoms with E-state index in [9.17, 15) is 24.5 Å². The van der Waals surface area contributed by atoms with Crippen LogP contribution in [0.5, 0.6) is 0 Å². The van der Waals surface area contributed by atoms with E-state index in [2.05, 4.69) is 0 Å². The summed E-state index contributed by atoms with van der Waals surface area (Å²) in [4.78, 5) is 44.0. The van der Waals surface area contributed by atoms with Crippen LogP contribution in [-0.2, 0) is 9.59 Å². The second-order valence-electron chi connectivity index (χ2n) is 3.91. The molecule has 2 amide bonds. The van der Waals surface area contributed by atoms with Crippen LogP contribution >= 0.6 is 0 Å². The average molecular weight is 280 g/mol. The van der Waals surface area contributed by atoms with E-state index in [1.165, 1.54) is 17.0 Å². The Bertz CT molecular complexity index is 556. The van der Waals surface area contributed by atoms with Gasteiger partial charge >= 0.3 is 0 Å². The van der Waals surface area contributed by atoms with Crippen molar-refractivity contribution >= 4 is 29.5 Å². The first-order chi connectivity index (χ1) is 9.35. The van der Waals surface area contributed by atoms with E-state index in [4.69, 9.17) is 11.5 Å². The minimum atomic E-state index is -0.711. The molecule has 9 nitrogen and oxygen atoms in total. The molecule has 0 unspecified atom stereocenters. The Morgan fingerprint density at radius 1 is 1.25 bits per heavy atom. The highest BCUT2D eigenvalue weighted by Crippen LogP contribution is 2.23. The summed E-state index contributed by atoms with van der Waals surface area (Å²) in [5.74, 6) is -1.42. The van der Waals surface area contributed by atoms with Gasteiger partial charge in [-0.1, -0.05) is 0 Å². The lowest BCUT2D eigenvalue weighted by Gasteiger charge is -2.21. The molecule has 1 aromatic rings. The Morgan fingerprint density at radius 3 is 2.20 bits per heavy atom. The lowest BCUT2D eigenvalue weighted by atomic mass is 10.1. The van der Waals surface area contributed by atoms with E-state index in [0.717, 1.165) is 6.07 Å². The Hall–Kier alpha value is -2.97. The third kappa shape index (κ3) is 3.77. The van der Waals surface area contributed by atoms with Crippen molar-refractivity contribution in [3.05, 3.63) is 33.9 Å². The van der Waals surface area contributed by atoms with Gasteiger partial charge in [-0.05, 0) is 12.1 Å². The molecule has 1 rings (SSSR count). The molecule has 0 aromatic heterocycles. The van der Waals surface area contributed by atoms with Crippen LogP contribution in [0.4, 0.5) is 11.4 Å². The summed E-state index contributed by atoms with van der Waals surface area (Å²) in [6, 6.07) is 3.60. The van der Waals surface area contributed by atoms with Crippen molar-refractivity contribution in [3.63, 3.8) is 0 Å². The van der Waals surface area contributed by atoms with Gasteiger partial charge in [-0.3, -0.25) is 24.5 Å². The summed E-state index contributed by atoms with van der Waals surface area (Å²) in [5.41, 5.74) is 9.80. The van der Waals surface area contributed by atoms with E-state index >= 15 is 0 Å². The molecule has 0 aliphatic rings. The second-order valence-corrected chi connectivity index (χ2v) is 3.91. The number of hydrogen-bond donors (Lipinski definition) is 2. The number of anilines is 1. The highest BCUT2D eigenvalue weighted by atomic mass is 16.6. The van der Waals surface area contributed by atoms with Gasteiger partial charge in [0, 0.05) is 11.8 Å². The van der Waals surface area contributed by atoms with Crippen LogP contribution in [0.15, 0.2) is 18.2 Å². The smallest absolute Gasteiger partial charge is 0.280 e. The molecule has 9 heteroatoms. The van der Waals surface area contributed by atoms with Crippen molar-refractivity contribution in [1.29, 1.82) is 0 Å². The van der Waals surface area contributed by atoms with Crippen molar-refractivity contribution in [2.24, 2.45) is 11.5 Å². The first-order valence-electron chi connectivity index (χ1n) is 5.40. The number of rotatable bonds is 7. The first kappa shape index (κ1) is 15.1. The number of nitrogens with zero attached hydrogens (tertiary/aromatic N) is 2. The highest BCUT2D eigenvalue weighted by molar-refractivity contribution is 5.87. The molecule has 1 aromatic carbocycles. The number of primary amides is 2. The largest absolute Gasteiger partial charge is 0.368 e. The highest BCUT2D eigenvalue weighted by Gasteiger charge is 2.18. The normalized spacial score (nSPS) is 9.80. The lowest BCUT2D eigenvalue weighted by Crippen LogP contribution is -2.39. The van der Waals surface area contributed by atoms with Crippen LogP contribution in [0.3, 0.4) is 0 Å². The molecule has 0 spiro atoms. The van der Waals surface area contributed by atoms with Gasteiger partial charge < -0.3 is 16.4 Å². The molecule has 0 heterocycles. The number of nitro groups is 1. The SMILES string of the molecule is NC(=O)CN(CC(N)=O)c1ccc([N+](=O)[O-])c(C=O)c1. The summed E-state index contributed by atoms with van der Waals surface area (Å²) < 4.78 is 0. The molecule has 0 fully saturated rings. The van der Waals surface area contributed by atoms with Gasteiger partial charge in [-0.25, -0.2) is 0 Å². The van der Waals surface area contributed by atoms with Crippen molar-refractivity contribution in [2.45, 2.75) is 0 Å². The molecule has 0 saturated carbocycles. The number of hydrogen-bond acceptors (Lipinski definition) is 6. The van der Waals surface area contributed by atoms with E-state index < -0.39 is 16.7 Å². The molecule has 0 aliphatic heterocycles. The van der Waals surface area contributed by atoms with E-state index in [-0.39, 0.29) is 30.0 Å². The summed E-state index contributed by atoms with van der Waals surface area (Å²) in [7, 11) is 0. The number of benzene rings is 1. The third-order valence-electron chi connectivity index (χ3n) is 2.39. The predicted molar refractivity (Wildman–Crippen MR) is 69.1 cm³/mol. The Morgan fingerprint density at radius 2 is 1.80 bits per heavy atom. The summed E-state index contributed by atoms with van der Waals surface area (Å²) in [6.07, 6.45) is 0.314. The van der Waals surface area contributed by atoms with Gasteiger partial charge in [-0.2, -0.15) is 0 Å². The lowest BCUT2D eigenvalue weighted by molar-refractivity contribution is -0.385. The maximum Gasteiger partial charge on any atom is 0.280 e. The predicted octanol–water partition coefficient (Wildman–Crippen LogP) is -0.816. The van der Waals surface area contributed by atoms with E-state index in [1.54, 1.807) is 0 Å². The second kappa shape index (κ2) is 6.27. The maximum absolute atomic E-state index is 10.9. The monoisotopic (exact) mass is 280 g/mol. The Labute approximate surface area is 113 Å². The fraction of sp³-hybridized carbons (Fsp3) is 0.182. The van der Waals surface area contributed by atoms with Crippen molar-refractivity contribution in [3.8, 4) is 0 Å². The van der Waals surface area contributed by atoms with Gasteiger partial charge in [0.05, 0.1) is 23.6 Å². The zero-order valence-corrected chi connectivity index (χ0v) is 10.3. The van der Waals surface area contributed by atoms with Crippen LogP contribution in [0.2, 0.25) is 0 Å². The quantitative estimate of drug-likeness (QED) is 0.378. The molecule has 0 saturated heterocycles.